The van der Waals surface area contributed by atoms with E-state index in [0.717, 1.165) is 31.9 Å². The number of rotatable bonds is 6. The van der Waals surface area contributed by atoms with Crippen LogP contribution in [0.25, 0.3) is 0 Å². The first kappa shape index (κ1) is 12.5. The van der Waals surface area contributed by atoms with Gasteiger partial charge in [-0.1, -0.05) is 19.9 Å². The van der Waals surface area contributed by atoms with Gasteiger partial charge in [-0.3, -0.25) is 0 Å². The molecule has 1 N–H and O–H groups in total. The van der Waals surface area contributed by atoms with Gasteiger partial charge in [0, 0.05) is 18.8 Å². The Kier molecular flexibility index (Phi) is 5.38. The number of hydrogen-bond acceptors (Lipinski definition) is 3. The molecule has 0 aliphatic carbocycles. The average molecular weight is 217 g/mol. The molecule has 0 spiro atoms. The van der Waals surface area contributed by atoms with E-state index in [1.807, 2.05) is 24.3 Å². The summed E-state index contributed by atoms with van der Waals surface area (Å²) < 4.78 is 0. The molecular formula is C13H19N3. The Bertz CT molecular complexity index is 350. The lowest BCUT2D eigenvalue weighted by Gasteiger charge is -2.18. The molecule has 0 radical (unpaired) electrons. The Balaban J connectivity index is 2.40. The Morgan fingerprint density at radius 3 is 2.69 bits per heavy atom. The maximum absolute atomic E-state index is 8.77. The molecule has 0 unspecified atom stereocenters. The van der Waals surface area contributed by atoms with Crippen LogP contribution in [0.4, 0.5) is 5.69 Å². The van der Waals surface area contributed by atoms with E-state index in [0.29, 0.717) is 5.56 Å². The number of anilines is 1. The topological polar surface area (TPSA) is 39.1 Å². The van der Waals surface area contributed by atoms with Gasteiger partial charge in [0.05, 0.1) is 11.6 Å². The first-order valence-electron chi connectivity index (χ1n) is 5.76. The maximum Gasteiger partial charge on any atom is 0.0992 e. The number of likely N-dealkylation sites (N-methyl/N-ethyl adjacent to an activating group) is 1. The minimum Gasteiger partial charge on any atom is -0.384 e. The largest absolute Gasteiger partial charge is 0.384 e. The van der Waals surface area contributed by atoms with Gasteiger partial charge in [-0.2, -0.15) is 5.26 Å². The van der Waals surface area contributed by atoms with E-state index in [1.165, 1.54) is 0 Å². The minimum absolute atomic E-state index is 0.702. The van der Waals surface area contributed by atoms with Crippen LogP contribution in [0.3, 0.4) is 0 Å². The molecule has 16 heavy (non-hydrogen) atoms. The fraction of sp³-hybridized carbons (Fsp3) is 0.462. The molecule has 0 atom stereocenters. The summed E-state index contributed by atoms with van der Waals surface area (Å²) in [7, 11) is 0. The highest BCUT2D eigenvalue weighted by Crippen LogP contribution is 2.09. The van der Waals surface area contributed by atoms with Gasteiger partial charge in [0.2, 0.25) is 0 Å². The SMILES string of the molecule is CCN(CC)CCNc1cccc(C#N)c1. The number of benzene rings is 1. The molecule has 0 bridgehead atoms. The molecule has 0 aliphatic rings. The summed E-state index contributed by atoms with van der Waals surface area (Å²) in [4.78, 5) is 2.36. The van der Waals surface area contributed by atoms with E-state index in [2.05, 4.69) is 30.1 Å². The van der Waals surface area contributed by atoms with Crippen LogP contribution in [0.15, 0.2) is 24.3 Å². The van der Waals surface area contributed by atoms with Gasteiger partial charge in [0.15, 0.2) is 0 Å². The standard InChI is InChI=1S/C13H19N3/c1-3-16(4-2)9-8-15-13-7-5-6-12(10-13)11-14/h5-7,10,15H,3-4,8-9H2,1-2H3. The molecule has 1 aromatic carbocycles. The zero-order valence-electron chi connectivity index (χ0n) is 10.0. The lowest BCUT2D eigenvalue weighted by atomic mass is 10.2. The second-order valence-corrected chi connectivity index (χ2v) is 3.65. The highest BCUT2D eigenvalue weighted by atomic mass is 15.1. The number of hydrogen-bond donors (Lipinski definition) is 1. The molecule has 0 aliphatic heterocycles. The average Bonchev–Trinajstić information content (AvgIpc) is 2.35. The van der Waals surface area contributed by atoms with Crippen LogP contribution < -0.4 is 5.32 Å². The van der Waals surface area contributed by atoms with Gasteiger partial charge in [-0.15, -0.1) is 0 Å². The molecule has 3 heteroatoms. The zero-order valence-corrected chi connectivity index (χ0v) is 10.0. The fourth-order valence-electron chi connectivity index (χ4n) is 1.60. The van der Waals surface area contributed by atoms with Crippen LogP contribution in [-0.4, -0.2) is 31.1 Å². The molecule has 1 rings (SSSR count). The summed E-state index contributed by atoms with van der Waals surface area (Å²) >= 11 is 0. The van der Waals surface area contributed by atoms with Crippen LogP contribution in [0.1, 0.15) is 19.4 Å². The third-order valence-electron chi connectivity index (χ3n) is 2.64. The summed E-state index contributed by atoms with van der Waals surface area (Å²) in [5, 5.41) is 12.1. The summed E-state index contributed by atoms with van der Waals surface area (Å²) in [6.45, 7) is 8.44. The molecule has 3 nitrogen and oxygen atoms in total. The molecule has 0 saturated heterocycles. The second kappa shape index (κ2) is 6.86. The monoisotopic (exact) mass is 217 g/mol. The Labute approximate surface area is 97.7 Å². The van der Waals surface area contributed by atoms with Crippen molar-refractivity contribution >= 4 is 5.69 Å². The van der Waals surface area contributed by atoms with Gasteiger partial charge < -0.3 is 10.2 Å². The maximum atomic E-state index is 8.77. The molecule has 0 saturated carbocycles. The van der Waals surface area contributed by atoms with Gasteiger partial charge in [-0.05, 0) is 31.3 Å². The quantitative estimate of drug-likeness (QED) is 0.794. The van der Waals surface area contributed by atoms with Gasteiger partial charge in [-0.25, -0.2) is 0 Å². The molecule has 0 aromatic heterocycles. The number of nitrogens with one attached hydrogen (secondary N) is 1. The van der Waals surface area contributed by atoms with E-state index in [4.69, 9.17) is 5.26 Å². The summed E-state index contributed by atoms with van der Waals surface area (Å²) in [6.07, 6.45) is 0. The van der Waals surface area contributed by atoms with E-state index in [9.17, 15) is 0 Å². The zero-order chi connectivity index (χ0) is 11.8. The van der Waals surface area contributed by atoms with Crippen molar-refractivity contribution in [3.63, 3.8) is 0 Å². The lowest BCUT2D eigenvalue weighted by molar-refractivity contribution is 0.316. The van der Waals surface area contributed by atoms with Gasteiger partial charge in [0.25, 0.3) is 0 Å². The Morgan fingerprint density at radius 1 is 1.31 bits per heavy atom. The Hall–Kier alpha value is -1.53. The molecule has 0 fully saturated rings. The Morgan fingerprint density at radius 2 is 2.06 bits per heavy atom. The summed E-state index contributed by atoms with van der Waals surface area (Å²) in [5.41, 5.74) is 1.72. The van der Waals surface area contributed by atoms with Crippen LogP contribution in [0.2, 0.25) is 0 Å². The van der Waals surface area contributed by atoms with Crippen molar-refractivity contribution in [2.75, 3.05) is 31.5 Å². The first-order valence-corrected chi connectivity index (χ1v) is 5.76. The van der Waals surface area contributed by atoms with E-state index < -0.39 is 0 Å². The summed E-state index contributed by atoms with van der Waals surface area (Å²) in [5.74, 6) is 0. The van der Waals surface area contributed by atoms with Crippen LogP contribution in [0.5, 0.6) is 0 Å². The van der Waals surface area contributed by atoms with E-state index in [-0.39, 0.29) is 0 Å². The van der Waals surface area contributed by atoms with Gasteiger partial charge in [0.1, 0.15) is 0 Å². The fourth-order valence-corrected chi connectivity index (χ4v) is 1.60. The highest BCUT2D eigenvalue weighted by Gasteiger charge is 1.98. The molecule has 0 heterocycles. The smallest absolute Gasteiger partial charge is 0.0992 e. The van der Waals surface area contributed by atoms with Crippen LogP contribution in [0, 0.1) is 11.3 Å². The summed E-state index contributed by atoms with van der Waals surface area (Å²) in [6, 6.07) is 9.72. The second-order valence-electron chi connectivity index (χ2n) is 3.65. The van der Waals surface area contributed by atoms with Gasteiger partial charge >= 0.3 is 0 Å². The molecule has 0 amide bonds. The van der Waals surface area contributed by atoms with Crippen LogP contribution >= 0.6 is 0 Å². The minimum atomic E-state index is 0.702. The molecular weight excluding hydrogens is 198 g/mol. The van der Waals surface area contributed by atoms with Crippen LogP contribution in [-0.2, 0) is 0 Å². The normalized spacial score (nSPS) is 10.1. The molecule has 86 valence electrons. The molecule has 1 aromatic rings. The van der Waals surface area contributed by atoms with Crippen molar-refractivity contribution in [3.8, 4) is 6.07 Å². The van der Waals surface area contributed by atoms with Crippen molar-refractivity contribution in [1.29, 1.82) is 5.26 Å². The van der Waals surface area contributed by atoms with E-state index >= 15 is 0 Å². The number of nitrogens with zero attached hydrogens (tertiary/aromatic N) is 2. The third-order valence-corrected chi connectivity index (χ3v) is 2.64. The third kappa shape index (κ3) is 3.92. The van der Waals surface area contributed by atoms with Crippen molar-refractivity contribution in [3.05, 3.63) is 29.8 Å². The predicted octanol–water partition coefficient (Wildman–Crippen LogP) is 2.31. The number of nitriles is 1. The first-order chi connectivity index (χ1) is 7.80. The van der Waals surface area contributed by atoms with Crippen molar-refractivity contribution < 1.29 is 0 Å². The lowest BCUT2D eigenvalue weighted by Crippen LogP contribution is -2.28. The van der Waals surface area contributed by atoms with E-state index in [1.54, 1.807) is 0 Å². The highest BCUT2D eigenvalue weighted by molar-refractivity contribution is 5.49. The van der Waals surface area contributed by atoms with Crippen molar-refractivity contribution in [2.45, 2.75) is 13.8 Å². The predicted molar refractivity (Wildman–Crippen MR) is 67.4 cm³/mol. The van der Waals surface area contributed by atoms with Crippen molar-refractivity contribution in [1.82, 2.24) is 4.90 Å². The van der Waals surface area contributed by atoms with Crippen molar-refractivity contribution in [2.24, 2.45) is 0 Å².